The Kier molecular flexibility index (Phi) is 4.33. The van der Waals surface area contributed by atoms with E-state index in [9.17, 15) is 0 Å². The quantitative estimate of drug-likeness (QED) is 0.795. The van der Waals surface area contributed by atoms with Gasteiger partial charge in [-0.3, -0.25) is 0 Å². The van der Waals surface area contributed by atoms with Gasteiger partial charge in [-0.25, -0.2) is 4.98 Å². The van der Waals surface area contributed by atoms with E-state index in [1.807, 2.05) is 6.33 Å². The zero-order valence-corrected chi connectivity index (χ0v) is 13.7. The smallest absolute Gasteiger partial charge is 0.226 e. The number of hydrogen-bond donors (Lipinski definition) is 0. The van der Waals surface area contributed by atoms with Crippen LogP contribution in [0, 0.1) is 5.92 Å². The minimum atomic E-state index is 0.271. The molecule has 2 aliphatic rings. The van der Waals surface area contributed by atoms with Crippen molar-refractivity contribution < 1.29 is 9.47 Å². The zero-order chi connectivity index (χ0) is 15.6. The molecular weight excluding hydrogens is 318 g/mol. The van der Waals surface area contributed by atoms with Crippen molar-refractivity contribution in [2.24, 2.45) is 5.92 Å². The van der Waals surface area contributed by atoms with E-state index in [-0.39, 0.29) is 5.28 Å². The number of hydrogen-bond acceptors (Lipinski definition) is 6. The van der Waals surface area contributed by atoms with Crippen molar-refractivity contribution in [1.82, 2.24) is 19.5 Å². The van der Waals surface area contributed by atoms with E-state index in [4.69, 9.17) is 21.1 Å². The van der Waals surface area contributed by atoms with E-state index >= 15 is 0 Å². The third-order valence-corrected chi connectivity index (χ3v) is 4.69. The lowest BCUT2D eigenvalue weighted by Crippen LogP contribution is -2.37. The number of morpholine rings is 1. The monoisotopic (exact) mass is 337 g/mol. The molecule has 0 amide bonds. The van der Waals surface area contributed by atoms with E-state index in [1.165, 1.54) is 0 Å². The van der Waals surface area contributed by atoms with Crippen molar-refractivity contribution in [3.8, 4) is 0 Å². The maximum Gasteiger partial charge on any atom is 0.226 e. The second-order valence-corrected chi connectivity index (χ2v) is 6.38. The Hall–Kier alpha value is -1.44. The highest BCUT2D eigenvalue weighted by molar-refractivity contribution is 6.28. The lowest BCUT2D eigenvalue weighted by atomic mass is 10.0. The van der Waals surface area contributed by atoms with Crippen LogP contribution in [0.4, 0.5) is 5.82 Å². The van der Waals surface area contributed by atoms with Crippen LogP contribution in [0.15, 0.2) is 6.33 Å². The van der Waals surface area contributed by atoms with Gasteiger partial charge in [0.1, 0.15) is 0 Å². The Morgan fingerprint density at radius 3 is 2.61 bits per heavy atom. The molecule has 2 aliphatic heterocycles. The van der Waals surface area contributed by atoms with Crippen LogP contribution in [-0.2, 0) is 16.0 Å². The van der Waals surface area contributed by atoms with E-state index in [2.05, 4.69) is 24.4 Å². The zero-order valence-electron chi connectivity index (χ0n) is 12.9. The van der Waals surface area contributed by atoms with Crippen molar-refractivity contribution in [1.29, 1.82) is 0 Å². The van der Waals surface area contributed by atoms with Gasteiger partial charge in [-0.15, -0.1) is 0 Å². The highest BCUT2D eigenvalue weighted by atomic mass is 35.5. The van der Waals surface area contributed by atoms with Crippen LogP contribution in [-0.4, -0.2) is 59.0 Å². The molecule has 7 nitrogen and oxygen atoms in total. The highest BCUT2D eigenvalue weighted by Crippen LogP contribution is 2.26. The first-order valence-corrected chi connectivity index (χ1v) is 8.48. The highest BCUT2D eigenvalue weighted by Gasteiger charge is 2.21. The lowest BCUT2D eigenvalue weighted by molar-refractivity contribution is 0.0615. The Bertz CT molecular complexity index is 680. The molecule has 0 spiro atoms. The maximum absolute atomic E-state index is 6.17. The summed E-state index contributed by atoms with van der Waals surface area (Å²) < 4.78 is 12.9. The molecule has 2 fully saturated rings. The molecule has 2 aromatic rings. The molecule has 8 heteroatoms. The van der Waals surface area contributed by atoms with Gasteiger partial charge in [-0.1, -0.05) is 0 Å². The van der Waals surface area contributed by atoms with Crippen LogP contribution in [0.1, 0.15) is 12.8 Å². The molecule has 0 atom stereocenters. The predicted octanol–water partition coefficient (Wildman–Crippen LogP) is 1.74. The fourth-order valence-electron chi connectivity index (χ4n) is 3.24. The van der Waals surface area contributed by atoms with Crippen LogP contribution in [0.3, 0.4) is 0 Å². The summed E-state index contributed by atoms with van der Waals surface area (Å²) in [4.78, 5) is 15.6. The molecule has 4 rings (SSSR count). The SMILES string of the molecule is Clc1nc(N2CCOCC2)c2ncn(CC3CCOCC3)c2n1. The maximum atomic E-state index is 6.17. The summed E-state index contributed by atoms with van der Waals surface area (Å²) in [5, 5.41) is 0.271. The summed E-state index contributed by atoms with van der Waals surface area (Å²) in [6, 6.07) is 0. The third kappa shape index (κ3) is 3.13. The normalized spacial score (nSPS) is 20.3. The molecule has 23 heavy (non-hydrogen) atoms. The molecule has 0 aromatic carbocycles. The number of rotatable bonds is 3. The number of nitrogens with zero attached hydrogens (tertiary/aromatic N) is 5. The average Bonchev–Trinajstić information content (AvgIpc) is 2.99. The number of anilines is 1. The van der Waals surface area contributed by atoms with Crippen molar-refractivity contribution in [3.05, 3.63) is 11.6 Å². The molecule has 0 bridgehead atoms. The Labute approximate surface area is 139 Å². The van der Waals surface area contributed by atoms with Gasteiger partial charge in [0.15, 0.2) is 17.0 Å². The topological polar surface area (TPSA) is 65.3 Å². The number of ether oxygens (including phenoxy) is 2. The summed E-state index contributed by atoms with van der Waals surface area (Å²) in [6.07, 6.45) is 4.01. The first-order valence-electron chi connectivity index (χ1n) is 8.10. The van der Waals surface area contributed by atoms with Gasteiger partial charge >= 0.3 is 0 Å². The molecule has 4 heterocycles. The van der Waals surface area contributed by atoms with E-state index in [0.29, 0.717) is 19.1 Å². The summed E-state index contributed by atoms with van der Waals surface area (Å²) in [7, 11) is 0. The number of imidazole rings is 1. The minimum Gasteiger partial charge on any atom is -0.381 e. The molecule has 0 aliphatic carbocycles. The number of aromatic nitrogens is 4. The molecule has 0 saturated carbocycles. The summed E-state index contributed by atoms with van der Waals surface area (Å²) in [5.74, 6) is 1.41. The molecule has 124 valence electrons. The van der Waals surface area contributed by atoms with Gasteiger partial charge in [0.05, 0.1) is 19.5 Å². The van der Waals surface area contributed by atoms with Crippen LogP contribution in [0.5, 0.6) is 0 Å². The summed E-state index contributed by atoms with van der Waals surface area (Å²) >= 11 is 6.17. The van der Waals surface area contributed by atoms with E-state index < -0.39 is 0 Å². The molecular formula is C15H20ClN5O2. The van der Waals surface area contributed by atoms with Gasteiger partial charge in [0.2, 0.25) is 5.28 Å². The van der Waals surface area contributed by atoms with Crippen molar-refractivity contribution >= 4 is 28.6 Å². The lowest BCUT2D eigenvalue weighted by Gasteiger charge is -2.27. The van der Waals surface area contributed by atoms with Crippen molar-refractivity contribution in [3.63, 3.8) is 0 Å². The van der Waals surface area contributed by atoms with Gasteiger partial charge in [-0.2, -0.15) is 9.97 Å². The van der Waals surface area contributed by atoms with Gasteiger partial charge in [0, 0.05) is 32.8 Å². The van der Waals surface area contributed by atoms with E-state index in [1.54, 1.807) is 0 Å². The molecule has 2 aromatic heterocycles. The van der Waals surface area contributed by atoms with E-state index in [0.717, 1.165) is 62.7 Å². The summed E-state index contributed by atoms with van der Waals surface area (Å²) in [5.41, 5.74) is 1.64. The second kappa shape index (κ2) is 6.59. The van der Waals surface area contributed by atoms with Crippen LogP contribution >= 0.6 is 11.6 Å². The standard InChI is InChI=1S/C15H20ClN5O2/c16-15-18-13(20-3-7-23-8-4-20)12-14(19-15)21(10-17-12)9-11-1-5-22-6-2-11/h10-11H,1-9H2. The Morgan fingerprint density at radius 2 is 1.83 bits per heavy atom. The summed E-state index contributed by atoms with van der Waals surface area (Å²) in [6.45, 7) is 5.58. The van der Waals surface area contributed by atoms with Gasteiger partial charge in [0.25, 0.3) is 0 Å². The first-order chi connectivity index (χ1) is 11.3. The Balaban J connectivity index is 1.66. The third-order valence-electron chi connectivity index (χ3n) is 4.52. The minimum absolute atomic E-state index is 0.271. The first kappa shape index (κ1) is 15.1. The van der Waals surface area contributed by atoms with Crippen LogP contribution in [0.25, 0.3) is 11.2 Å². The molecule has 0 unspecified atom stereocenters. The molecule has 0 radical (unpaired) electrons. The number of halogens is 1. The molecule has 0 N–H and O–H groups in total. The van der Waals surface area contributed by atoms with Gasteiger partial charge < -0.3 is 18.9 Å². The largest absolute Gasteiger partial charge is 0.381 e. The molecule has 2 saturated heterocycles. The fraction of sp³-hybridized carbons (Fsp3) is 0.667. The fourth-order valence-corrected chi connectivity index (χ4v) is 3.40. The van der Waals surface area contributed by atoms with Crippen LogP contribution < -0.4 is 4.90 Å². The van der Waals surface area contributed by atoms with Crippen molar-refractivity contribution in [2.75, 3.05) is 44.4 Å². The number of fused-ring (bicyclic) bond motifs is 1. The van der Waals surface area contributed by atoms with Crippen molar-refractivity contribution in [2.45, 2.75) is 19.4 Å². The average molecular weight is 338 g/mol. The van der Waals surface area contributed by atoms with Gasteiger partial charge in [-0.05, 0) is 30.4 Å². The predicted molar refractivity (Wildman–Crippen MR) is 86.9 cm³/mol. The Morgan fingerprint density at radius 1 is 1.09 bits per heavy atom. The van der Waals surface area contributed by atoms with Crippen LogP contribution in [0.2, 0.25) is 5.28 Å². The second-order valence-electron chi connectivity index (χ2n) is 6.04.